The number of aliphatic hydroxyl groups is 1. The number of aliphatic hydroxyl groups excluding tert-OH is 1. The number of rotatable bonds is 6. The van der Waals surface area contributed by atoms with Crippen molar-refractivity contribution in [1.29, 1.82) is 0 Å². The van der Waals surface area contributed by atoms with Crippen molar-refractivity contribution < 1.29 is 19.4 Å². The van der Waals surface area contributed by atoms with Crippen LogP contribution in [-0.2, 0) is 9.53 Å². The predicted molar refractivity (Wildman–Crippen MR) is 89.5 cm³/mol. The molecule has 23 heavy (non-hydrogen) atoms. The lowest BCUT2D eigenvalue weighted by Gasteiger charge is -2.04. The molecule has 0 bridgehead atoms. The first kappa shape index (κ1) is 16.5. The highest BCUT2D eigenvalue weighted by molar-refractivity contribution is 6.22. The first-order valence-corrected chi connectivity index (χ1v) is 7.28. The van der Waals surface area contributed by atoms with Crippen LogP contribution in [0.1, 0.15) is 19.4 Å². The third-order valence-corrected chi connectivity index (χ3v) is 3.16. The summed E-state index contributed by atoms with van der Waals surface area (Å²) >= 11 is 0. The molecule has 1 aliphatic rings. The van der Waals surface area contributed by atoms with Gasteiger partial charge in [-0.1, -0.05) is 24.8 Å². The average Bonchev–Trinajstić information content (AvgIpc) is 2.81. The molecule has 0 unspecified atom stereocenters. The third kappa shape index (κ3) is 3.88. The molecule has 2 rings (SSSR count). The van der Waals surface area contributed by atoms with Gasteiger partial charge in [0.15, 0.2) is 5.76 Å². The van der Waals surface area contributed by atoms with E-state index in [0.29, 0.717) is 18.0 Å². The largest absolute Gasteiger partial charge is 0.505 e. The molecule has 0 spiro atoms. The maximum Gasteiger partial charge on any atom is 0.343 e. The normalized spacial score (nSPS) is 15.6. The van der Waals surface area contributed by atoms with E-state index in [1.807, 2.05) is 24.3 Å². The van der Waals surface area contributed by atoms with Crippen LogP contribution in [0.3, 0.4) is 0 Å². The Hall–Kier alpha value is -2.82. The van der Waals surface area contributed by atoms with Crippen molar-refractivity contribution >= 4 is 17.8 Å². The average molecular weight is 313 g/mol. The number of aliphatic imine (C=N–C) groups is 1. The van der Waals surface area contributed by atoms with E-state index in [9.17, 15) is 9.90 Å². The Bertz CT molecular complexity index is 696. The Morgan fingerprint density at radius 2 is 2.04 bits per heavy atom. The van der Waals surface area contributed by atoms with Gasteiger partial charge in [-0.05, 0) is 37.6 Å². The summed E-state index contributed by atoms with van der Waals surface area (Å²) in [6.07, 6.45) is 3.37. The fourth-order valence-electron chi connectivity index (χ4n) is 2.11. The molecule has 0 fully saturated rings. The highest BCUT2D eigenvalue weighted by Gasteiger charge is 2.27. The van der Waals surface area contributed by atoms with Crippen LogP contribution in [0.15, 0.2) is 58.9 Å². The van der Waals surface area contributed by atoms with Gasteiger partial charge >= 0.3 is 5.97 Å². The Kier molecular flexibility index (Phi) is 5.36. The number of carbonyl (C=O) groups excluding carboxylic acids is 1. The monoisotopic (exact) mass is 313 g/mol. The van der Waals surface area contributed by atoms with Crippen LogP contribution >= 0.6 is 0 Å². The van der Waals surface area contributed by atoms with Gasteiger partial charge in [-0.2, -0.15) is 0 Å². The van der Waals surface area contributed by atoms with Gasteiger partial charge in [-0.3, -0.25) is 0 Å². The van der Waals surface area contributed by atoms with Crippen molar-refractivity contribution in [2.24, 2.45) is 4.99 Å². The van der Waals surface area contributed by atoms with E-state index in [-0.39, 0.29) is 17.9 Å². The highest BCUT2D eigenvalue weighted by Crippen LogP contribution is 2.26. The van der Waals surface area contributed by atoms with Crippen molar-refractivity contribution in [1.82, 2.24) is 0 Å². The SMILES string of the molecule is C=CCOc1ccc(C=C2N=C(C)C(C(=O)OCC)=C2O)cc1. The zero-order chi connectivity index (χ0) is 16.8. The molecule has 1 aromatic carbocycles. The van der Waals surface area contributed by atoms with Gasteiger partial charge in [-0.25, -0.2) is 9.79 Å². The summed E-state index contributed by atoms with van der Waals surface area (Å²) in [6, 6.07) is 7.31. The van der Waals surface area contributed by atoms with E-state index in [4.69, 9.17) is 9.47 Å². The molecule has 5 heteroatoms. The van der Waals surface area contributed by atoms with Gasteiger partial charge in [0, 0.05) is 0 Å². The molecule has 1 aromatic rings. The summed E-state index contributed by atoms with van der Waals surface area (Å²) in [5, 5.41) is 10.2. The van der Waals surface area contributed by atoms with Crippen LogP contribution in [-0.4, -0.2) is 30.0 Å². The standard InChI is InChI=1S/C18H19NO4/c1-4-10-23-14-8-6-13(7-9-14)11-15-17(20)16(12(3)19-15)18(21)22-5-2/h4,6-9,11,20H,1,5,10H2,2-3H3. The van der Waals surface area contributed by atoms with Crippen LogP contribution < -0.4 is 4.74 Å². The Morgan fingerprint density at radius 1 is 1.35 bits per heavy atom. The first-order chi connectivity index (χ1) is 11.1. The maximum atomic E-state index is 11.8. The topological polar surface area (TPSA) is 68.1 Å². The summed E-state index contributed by atoms with van der Waals surface area (Å²) in [5.41, 5.74) is 1.73. The molecule has 0 atom stereocenters. The van der Waals surface area contributed by atoms with Gasteiger partial charge in [-0.15, -0.1) is 0 Å². The Balaban J connectivity index is 2.23. The van der Waals surface area contributed by atoms with E-state index < -0.39 is 5.97 Å². The molecule has 0 saturated carbocycles. The summed E-state index contributed by atoms with van der Waals surface area (Å²) < 4.78 is 10.3. The molecule has 0 radical (unpaired) electrons. The molecule has 120 valence electrons. The van der Waals surface area contributed by atoms with E-state index in [1.54, 1.807) is 26.0 Å². The molecule has 0 aromatic heterocycles. The van der Waals surface area contributed by atoms with Gasteiger partial charge in [0.05, 0.1) is 12.3 Å². The van der Waals surface area contributed by atoms with E-state index in [2.05, 4.69) is 11.6 Å². The van der Waals surface area contributed by atoms with Crippen LogP contribution in [0, 0.1) is 0 Å². The zero-order valence-electron chi connectivity index (χ0n) is 13.2. The summed E-state index contributed by atoms with van der Waals surface area (Å²) in [5.74, 6) is 0.000822. The fraction of sp³-hybridized carbons (Fsp3) is 0.222. The van der Waals surface area contributed by atoms with Crippen molar-refractivity contribution in [3.63, 3.8) is 0 Å². The molecule has 5 nitrogen and oxygen atoms in total. The lowest BCUT2D eigenvalue weighted by molar-refractivity contribution is -0.138. The summed E-state index contributed by atoms with van der Waals surface area (Å²) in [7, 11) is 0. The summed E-state index contributed by atoms with van der Waals surface area (Å²) in [6.45, 7) is 7.65. The Labute approximate surface area is 135 Å². The third-order valence-electron chi connectivity index (χ3n) is 3.16. The molecule has 0 amide bonds. The van der Waals surface area contributed by atoms with Gasteiger partial charge in [0.1, 0.15) is 23.6 Å². The van der Waals surface area contributed by atoms with E-state index in [1.165, 1.54) is 0 Å². The zero-order valence-corrected chi connectivity index (χ0v) is 13.2. The number of hydrogen-bond acceptors (Lipinski definition) is 5. The van der Waals surface area contributed by atoms with Crippen molar-refractivity contribution in [2.45, 2.75) is 13.8 Å². The number of hydrogen-bond donors (Lipinski definition) is 1. The van der Waals surface area contributed by atoms with E-state index >= 15 is 0 Å². The molecule has 0 aliphatic carbocycles. The molecule has 0 saturated heterocycles. The number of benzene rings is 1. The molecule has 1 aliphatic heterocycles. The van der Waals surface area contributed by atoms with Crippen molar-refractivity contribution in [3.05, 3.63) is 59.5 Å². The molecular weight excluding hydrogens is 294 g/mol. The molecular formula is C18H19NO4. The van der Waals surface area contributed by atoms with Gasteiger partial charge < -0.3 is 14.6 Å². The van der Waals surface area contributed by atoms with Crippen LogP contribution in [0.2, 0.25) is 0 Å². The number of nitrogens with zero attached hydrogens (tertiary/aromatic N) is 1. The molecule has 1 heterocycles. The molecule has 1 N–H and O–H groups in total. The minimum absolute atomic E-state index is 0.115. The Morgan fingerprint density at radius 3 is 2.65 bits per heavy atom. The smallest absolute Gasteiger partial charge is 0.343 e. The van der Waals surface area contributed by atoms with Crippen molar-refractivity contribution in [3.8, 4) is 5.75 Å². The second-order valence-electron chi connectivity index (χ2n) is 4.84. The minimum atomic E-state index is -0.567. The van der Waals surface area contributed by atoms with Crippen LogP contribution in [0.4, 0.5) is 0 Å². The van der Waals surface area contributed by atoms with Crippen LogP contribution in [0.5, 0.6) is 5.75 Å². The van der Waals surface area contributed by atoms with Crippen molar-refractivity contribution in [2.75, 3.05) is 13.2 Å². The lowest BCUT2D eigenvalue weighted by atomic mass is 10.1. The van der Waals surface area contributed by atoms with Crippen LogP contribution in [0.25, 0.3) is 6.08 Å². The number of ether oxygens (including phenoxy) is 2. The number of carbonyl (C=O) groups is 1. The quantitative estimate of drug-likeness (QED) is 0.645. The lowest BCUT2D eigenvalue weighted by Crippen LogP contribution is -2.13. The van der Waals surface area contributed by atoms with Gasteiger partial charge in [0.2, 0.25) is 0 Å². The maximum absolute atomic E-state index is 11.8. The minimum Gasteiger partial charge on any atom is -0.505 e. The highest BCUT2D eigenvalue weighted by atomic mass is 16.5. The second-order valence-corrected chi connectivity index (χ2v) is 4.84. The van der Waals surface area contributed by atoms with E-state index in [0.717, 1.165) is 11.3 Å². The predicted octanol–water partition coefficient (Wildman–Crippen LogP) is 3.44. The fourth-order valence-corrected chi connectivity index (χ4v) is 2.11. The number of esters is 1. The second kappa shape index (κ2) is 7.45. The van der Waals surface area contributed by atoms with Gasteiger partial charge in [0.25, 0.3) is 0 Å². The summed E-state index contributed by atoms with van der Waals surface area (Å²) in [4.78, 5) is 16.1. The first-order valence-electron chi connectivity index (χ1n) is 7.28.